The van der Waals surface area contributed by atoms with E-state index >= 15 is 0 Å². The van der Waals surface area contributed by atoms with Gasteiger partial charge in [-0.05, 0) is 70.2 Å². The normalized spacial score (nSPS) is 19.2. The van der Waals surface area contributed by atoms with Crippen LogP contribution in [-0.4, -0.2) is 28.7 Å². The van der Waals surface area contributed by atoms with Crippen molar-refractivity contribution in [3.63, 3.8) is 0 Å². The molecule has 1 heterocycles. The number of piperidine rings is 1. The summed E-state index contributed by atoms with van der Waals surface area (Å²) in [7, 11) is 0. The van der Waals surface area contributed by atoms with Crippen molar-refractivity contribution >= 4 is 17.6 Å². The third-order valence-electron chi connectivity index (χ3n) is 5.76. The Hall–Kier alpha value is -1.88. The second-order valence-electron chi connectivity index (χ2n) is 9.21. The standard InChI is InChI=1S/C25H32ClNO3/c1-24(2)14-9-15-25(3,4)27(24)30-22(20-11-6-5-7-12-20)18-29-23(28)21-13-8-10-19(16-21)17-26/h5-8,10-13,16,22H,9,14-15,17-18H2,1-4H3. The van der Waals surface area contributed by atoms with E-state index < -0.39 is 0 Å². The SMILES string of the molecule is CC1(C)CCCC(C)(C)N1OC(COC(=O)c1cccc(CCl)c1)c1ccccc1. The molecule has 0 saturated carbocycles. The third-order valence-corrected chi connectivity index (χ3v) is 6.07. The first kappa shape index (κ1) is 22.8. The predicted molar refractivity (Wildman–Crippen MR) is 120 cm³/mol. The van der Waals surface area contributed by atoms with Gasteiger partial charge < -0.3 is 4.74 Å². The third kappa shape index (κ3) is 5.42. The van der Waals surface area contributed by atoms with E-state index in [1.807, 2.05) is 42.5 Å². The number of benzene rings is 2. The number of nitrogens with zero attached hydrogens (tertiary/aromatic N) is 1. The quantitative estimate of drug-likeness (QED) is 0.382. The maximum atomic E-state index is 12.7. The van der Waals surface area contributed by atoms with Crippen molar-refractivity contribution in [3.05, 3.63) is 71.3 Å². The maximum Gasteiger partial charge on any atom is 0.338 e. The van der Waals surface area contributed by atoms with E-state index in [1.165, 1.54) is 6.42 Å². The number of hydrogen-bond acceptors (Lipinski definition) is 4. The average Bonchev–Trinajstić information content (AvgIpc) is 2.72. The molecular formula is C25H32ClNO3. The van der Waals surface area contributed by atoms with E-state index in [0.29, 0.717) is 11.4 Å². The lowest BCUT2D eigenvalue weighted by atomic mass is 9.82. The average molecular weight is 430 g/mol. The number of ether oxygens (including phenoxy) is 1. The van der Waals surface area contributed by atoms with Gasteiger partial charge in [0, 0.05) is 17.0 Å². The van der Waals surface area contributed by atoms with Crippen molar-refractivity contribution in [2.75, 3.05) is 6.61 Å². The lowest BCUT2D eigenvalue weighted by Crippen LogP contribution is -2.58. The van der Waals surface area contributed by atoms with Crippen LogP contribution < -0.4 is 0 Å². The van der Waals surface area contributed by atoms with Crippen molar-refractivity contribution in [2.45, 2.75) is 70.0 Å². The number of hydroxylamine groups is 2. The fourth-order valence-electron chi connectivity index (χ4n) is 4.26. The smallest absolute Gasteiger partial charge is 0.338 e. The first-order valence-electron chi connectivity index (χ1n) is 10.6. The summed E-state index contributed by atoms with van der Waals surface area (Å²) < 4.78 is 5.69. The van der Waals surface area contributed by atoms with Gasteiger partial charge in [-0.15, -0.1) is 11.6 Å². The first-order valence-corrected chi connectivity index (χ1v) is 11.1. The summed E-state index contributed by atoms with van der Waals surface area (Å²) in [6.07, 6.45) is 2.90. The van der Waals surface area contributed by atoms with Crippen LogP contribution in [0, 0.1) is 0 Å². The van der Waals surface area contributed by atoms with Gasteiger partial charge in [-0.2, -0.15) is 5.06 Å². The lowest BCUT2D eigenvalue weighted by molar-refractivity contribution is -0.311. The van der Waals surface area contributed by atoms with E-state index in [1.54, 1.807) is 12.1 Å². The second kappa shape index (κ2) is 9.51. The summed E-state index contributed by atoms with van der Waals surface area (Å²) in [5.41, 5.74) is 2.16. The minimum Gasteiger partial charge on any atom is -0.459 e. The Kier molecular flexibility index (Phi) is 7.22. The predicted octanol–water partition coefficient (Wildman–Crippen LogP) is 6.30. The van der Waals surface area contributed by atoms with Gasteiger partial charge in [0.1, 0.15) is 12.7 Å². The molecule has 4 nitrogen and oxygen atoms in total. The molecule has 1 saturated heterocycles. The number of rotatable bonds is 7. The fraction of sp³-hybridized carbons (Fsp3) is 0.480. The summed E-state index contributed by atoms with van der Waals surface area (Å²) in [6, 6.07) is 17.2. The van der Waals surface area contributed by atoms with Crippen LogP contribution in [-0.2, 0) is 15.5 Å². The maximum absolute atomic E-state index is 12.7. The topological polar surface area (TPSA) is 38.8 Å². The number of esters is 1. The zero-order chi connectivity index (χ0) is 21.8. The molecule has 162 valence electrons. The fourth-order valence-corrected chi connectivity index (χ4v) is 4.43. The highest BCUT2D eigenvalue weighted by molar-refractivity contribution is 6.17. The second-order valence-corrected chi connectivity index (χ2v) is 9.48. The molecule has 30 heavy (non-hydrogen) atoms. The summed E-state index contributed by atoms with van der Waals surface area (Å²) in [6.45, 7) is 8.97. The Balaban J connectivity index is 1.79. The van der Waals surface area contributed by atoms with Crippen LogP contribution in [0.2, 0.25) is 0 Å². The molecule has 1 aliphatic heterocycles. The zero-order valence-corrected chi connectivity index (χ0v) is 19.1. The first-order chi connectivity index (χ1) is 14.2. The zero-order valence-electron chi connectivity index (χ0n) is 18.4. The molecule has 0 aliphatic carbocycles. The molecule has 0 amide bonds. The van der Waals surface area contributed by atoms with Crippen LogP contribution in [0.3, 0.4) is 0 Å². The molecule has 0 aromatic heterocycles. The van der Waals surface area contributed by atoms with E-state index in [2.05, 4.69) is 32.8 Å². The van der Waals surface area contributed by atoms with Gasteiger partial charge in [0.2, 0.25) is 0 Å². The van der Waals surface area contributed by atoms with Crippen LogP contribution >= 0.6 is 11.6 Å². The Morgan fingerprint density at radius 2 is 1.70 bits per heavy atom. The molecule has 0 bridgehead atoms. The summed E-state index contributed by atoms with van der Waals surface area (Å²) >= 11 is 5.90. The van der Waals surface area contributed by atoms with E-state index in [9.17, 15) is 4.79 Å². The minimum absolute atomic E-state index is 0.104. The highest BCUT2D eigenvalue weighted by Crippen LogP contribution is 2.40. The minimum atomic E-state index is -0.386. The van der Waals surface area contributed by atoms with E-state index in [0.717, 1.165) is 24.0 Å². The molecule has 1 unspecified atom stereocenters. The molecule has 5 heteroatoms. The van der Waals surface area contributed by atoms with E-state index in [4.69, 9.17) is 21.2 Å². The lowest BCUT2D eigenvalue weighted by Gasteiger charge is -2.52. The van der Waals surface area contributed by atoms with Gasteiger partial charge in [-0.3, -0.25) is 4.84 Å². The van der Waals surface area contributed by atoms with Crippen molar-refractivity contribution < 1.29 is 14.4 Å². The molecule has 1 atom stereocenters. The van der Waals surface area contributed by atoms with Crippen LogP contribution in [0.15, 0.2) is 54.6 Å². The Morgan fingerprint density at radius 3 is 2.33 bits per heavy atom. The molecule has 1 fully saturated rings. The molecular weight excluding hydrogens is 398 g/mol. The van der Waals surface area contributed by atoms with Crippen LogP contribution in [0.25, 0.3) is 0 Å². The van der Waals surface area contributed by atoms with Crippen molar-refractivity contribution in [1.29, 1.82) is 0 Å². The van der Waals surface area contributed by atoms with Crippen LogP contribution in [0.4, 0.5) is 0 Å². The van der Waals surface area contributed by atoms with Gasteiger partial charge in [-0.1, -0.05) is 42.5 Å². The Labute approximate surface area is 185 Å². The van der Waals surface area contributed by atoms with Crippen LogP contribution in [0.5, 0.6) is 0 Å². The molecule has 3 rings (SSSR count). The summed E-state index contributed by atoms with van der Waals surface area (Å²) in [4.78, 5) is 19.2. The Morgan fingerprint density at radius 1 is 1.03 bits per heavy atom. The molecule has 0 radical (unpaired) electrons. The van der Waals surface area contributed by atoms with Gasteiger partial charge in [0.15, 0.2) is 0 Å². The van der Waals surface area contributed by atoms with E-state index in [-0.39, 0.29) is 29.8 Å². The van der Waals surface area contributed by atoms with Crippen molar-refractivity contribution in [2.24, 2.45) is 0 Å². The largest absolute Gasteiger partial charge is 0.459 e. The monoisotopic (exact) mass is 429 g/mol. The highest BCUT2D eigenvalue weighted by Gasteiger charge is 2.44. The summed E-state index contributed by atoms with van der Waals surface area (Å²) in [5.74, 6) is -0.0145. The van der Waals surface area contributed by atoms with Gasteiger partial charge in [-0.25, -0.2) is 4.79 Å². The number of carbonyl (C=O) groups is 1. The van der Waals surface area contributed by atoms with Crippen LogP contribution in [0.1, 0.15) is 74.5 Å². The molecule has 2 aromatic carbocycles. The highest BCUT2D eigenvalue weighted by atomic mass is 35.5. The molecule has 0 spiro atoms. The number of carbonyl (C=O) groups excluding carboxylic acids is 1. The molecule has 0 N–H and O–H groups in total. The number of hydrogen-bond donors (Lipinski definition) is 0. The number of halogens is 1. The van der Waals surface area contributed by atoms with Gasteiger partial charge in [0.25, 0.3) is 0 Å². The van der Waals surface area contributed by atoms with Gasteiger partial charge in [0.05, 0.1) is 5.56 Å². The van der Waals surface area contributed by atoms with Crippen molar-refractivity contribution in [3.8, 4) is 0 Å². The molecule has 2 aromatic rings. The number of alkyl halides is 1. The van der Waals surface area contributed by atoms with Gasteiger partial charge >= 0.3 is 5.97 Å². The molecule has 1 aliphatic rings. The summed E-state index contributed by atoms with van der Waals surface area (Å²) in [5, 5.41) is 2.11. The van der Waals surface area contributed by atoms with Crippen molar-refractivity contribution in [1.82, 2.24) is 5.06 Å². The Bertz CT molecular complexity index is 834.